The van der Waals surface area contributed by atoms with Gasteiger partial charge in [-0.05, 0) is 60.9 Å². The van der Waals surface area contributed by atoms with E-state index in [1.54, 1.807) is 12.1 Å². The number of allylic oxidation sites excluding steroid dienone is 1. The highest BCUT2D eigenvalue weighted by Crippen LogP contribution is 2.37. The summed E-state index contributed by atoms with van der Waals surface area (Å²) < 4.78 is 16.8. The highest BCUT2D eigenvalue weighted by Gasteiger charge is 2.21. The fourth-order valence-corrected chi connectivity index (χ4v) is 4.60. The van der Waals surface area contributed by atoms with E-state index < -0.39 is 12.1 Å². The van der Waals surface area contributed by atoms with Gasteiger partial charge in [0.1, 0.15) is 12.0 Å². The molecule has 0 aliphatic carbocycles. The lowest BCUT2D eigenvalue weighted by Crippen LogP contribution is -2.21. The number of aliphatic carboxylic acids is 1. The fraction of sp³-hybridized carbons (Fsp3) is 0.464. The van der Waals surface area contributed by atoms with Gasteiger partial charge in [0, 0.05) is 30.4 Å². The minimum atomic E-state index is -0.914. The molecule has 6 N–H and O–H groups in total. The van der Waals surface area contributed by atoms with Gasteiger partial charge in [0.2, 0.25) is 12.7 Å². The Labute approximate surface area is 223 Å². The maximum atomic E-state index is 11.6. The maximum absolute atomic E-state index is 11.6. The standard InChI is InChI=1S/C28H37N5O5/c1-2-4-25(30)33-26(36-12-10-22-8-6-18-5-3-11-31-28(18)32-22)16-21(29)13-20(15-27(34)35)19-7-9-23-24(14-19)38-17-37-23/h6-9,14,16,20,25H,2-5,10-13,15,17,29-30H2,1H3,(H,31,32)(H,34,35). The number of carboxylic acid groups (broad SMARTS) is 1. The molecule has 0 saturated heterocycles. The minimum Gasteiger partial charge on any atom is -0.481 e. The lowest BCUT2D eigenvalue weighted by Gasteiger charge is -2.18. The topological polar surface area (TPSA) is 154 Å². The number of carboxylic acids is 1. The number of aryl methyl sites for hydroxylation is 1. The van der Waals surface area contributed by atoms with Crippen LogP contribution in [0.5, 0.6) is 11.5 Å². The molecule has 0 amide bonds. The van der Waals surface area contributed by atoms with E-state index in [-0.39, 0.29) is 19.1 Å². The number of anilines is 1. The number of ether oxygens (including phenoxy) is 3. The van der Waals surface area contributed by atoms with Gasteiger partial charge in [-0.3, -0.25) is 4.79 Å². The summed E-state index contributed by atoms with van der Waals surface area (Å²) in [6, 6.07) is 9.59. The van der Waals surface area contributed by atoms with E-state index in [9.17, 15) is 9.90 Å². The third kappa shape index (κ3) is 7.61. The Morgan fingerprint density at radius 3 is 2.92 bits per heavy atom. The number of pyridine rings is 1. The Bertz CT molecular complexity index is 1180. The number of nitrogens with two attached hydrogens (primary N) is 2. The summed E-state index contributed by atoms with van der Waals surface area (Å²) in [6.07, 6.45) is 5.79. The molecule has 10 heteroatoms. The molecule has 0 bridgehead atoms. The summed E-state index contributed by atoms with van der Waals surface area (Å²) in [5.74, 6) is 1.24. The van der Waals surface area contributed by atoms with Gasteiger partial charge in [0.15, 0.2) is 11.5 Å². The second kappa shape index (κ2) is 13.1. The van der Waals surface area contributed by atoms with Crippen LogP contribution in [0, 0.1) is 0 Å². The van der Waals surface area contributed by atoms with Crippen LogP contribution in [-0.2, 0) is 22.4 Å². The average molecular weight is 524 g/mol. The summed E-state index contributed by atoms with van der Waals surface area (Å²) in [5, 5.41) is 12.9. The van der Waals surface area contributed by atoms with Crippen molar-refractivity contribution >= 4 is 17.7 Å². The Morgan fingerprint density at radius 2 is 2.11 bits per heavy atom. The number of hydrogen-bond acceptors (Lipinski definition) is 9. The molecule has 1 aromatic carbocycles. The van der Waals surface area contributed by atoms with Crippen LogP contribution in [0.25, 0.3) is 0 Å². The van der Waals surface area contributed by atoms with Crippen molar-refractivity contribution in [2.45, 2.75) is 64.0 Å². The molecule has 2 aromatic rings. The van der Waals surface area contributed by atoms with Crippen molar-refractivity contribution in [3.63, 3.8) is 0 Å². The van der Waals surface area contributed by atoms with Crippen molar-refractivity contribution in [3.8, 4) is 11.5 Å². The molecule has 2 aliphatic heterocycles. The average Bonchev–Trinajstić information content (AvgIpc) is 3.36. The zero-order valence-corrected chi connectivity index (χ0v) is 21.8. The van der Waals surface area contributed by atoms with Gasteiger partial charge in [-0.1, -0.05) is 25.5 Å². The first-order valence-electron chi connectivity index (χ1n) is 13.2. The number of benzene rings is 1. The van der Waals surface area contributed by atoms with Crippen molar-refractivity contribution in [1.82, 2.24) is 4.98 Å². The molecule has 2 aliphatic rings. The Morgan fingerprint density at radius 1 is 1.26 bits per heavy atom. The van der Waals surface area contributed by atoms with Crippen molar-refractivity contribution < 1.29 is 24.1 Å². The van der Waals surface area contributed by atoms with Crippen LogP contribution in [-0.4, -0.2) is 48.1 Å². The summed E-state index contributed by atoms with van der Waals surface area (Å²) in [5.41, 5.74) is 16.0. The molecule has 204 valence electrons. The molecule has 3 heterocycles. The number of nitrogens with zero attached hydrogens (tertiary/aromatic N) is 2. The highest BCUT2D eigenvalue weighted by atomic mass is 16.7. The molecular formula is C28H37N5O5. The van der Waals surface area contributed by atoms with Gasteiger partial charge >= 0.3 is 5.97 Å². The van der Waals surface area contributed by atoms with Crippen LogP contribution in [0.4, 0.5) is 5.82 Å². The second-order valence-corrected chi connectivity index (χ2v) is 9.59. The van der Waals surface area contributed by atoms with Crippen LogP contribution in [0.15, 0.2) is 47.1 Å². The predicted octanol–water partition coefficient (Wildman–Crippen LogP) is 3.70. The fourth-order valence-electron chi connectivity index (χ4n) is 4.60. The Hall–Kier alpha value is -3.79. The third-order valence-corrected chi connectivity index (χ3v) is 6.52. The van der Waals surface area contributed by atoms with E-state index in [0.717, 1.165) is 42.9 Å². The summed E-state index contributed by atoms with van der Waals surface area (Å²) in [4.78, 5) is 20.9. The van der Waals surface area contributed by atoms with Crippen LogP contribution in [0.2, 0.25) is 0 Å². The largest absolute Gasteiger partial charge is 0.481 e. The van der Waals surface area contributed by atoms with E-state index >= 15 is 0 Å². The number of rotatable bonds is 12. The van der Waals surface area contributed by atoms with Crippen LogP contribution in [0.1, 0.15) is 61.8 Å². The molecule has 2 atom stereocenters. The molecule has 0 fully saturated rings. The van der Waals surface area contributed by atoms with E-state index in [1.165, 1.54) is 5.56 Å². The van der Waals surface area contributed by atoms with Gasteiger partial charge < -0.3 is 36.1 Å². The lowest BCUT2D eigenvalue weighted by molar-refractivity contribution is -0.137. The van der Waals surface area contributed by atoms with Gasteiger partial charge in [0.25, 0.3) is 0 Å². The van der Waals surface area contributed by atoms with Crippen LogP contribution < -0.4 is 26.3 Å². The number of aromatic nitrogens is 1. The van der Waals surface area contributed by atoms with Crippen molar-refractivity contribution in [2.75, 3.05) is 25.3 Å². The van der Waals surface area contributed by atoms with Crippen LogP contribution >= 0.6 is 0 Å². The van der Waals surface area contributed by atoms with Gasteiger partial charge in [-0.25, -0.2) is 9.98 Å². The first-order valence-corrected chi connectivity index (χ1v) is 13.2. The third-order valence-electron chi connectivity index (χ3n) is 6.52. The van der Waals surface area contributed by atoms with Crippen molar-refractivity contribution in [1.29, 1.82) is 0 Å². The van der Waals surface area contributed by atoms with Gasteiger partial charge in [0.05, 0.1) is 13.0 Å². The van der Waals surface area contributed by atoms with Crippen LogP contribution in [0.3, 0.4) is 0 Å². The molecule has 1 aromatic heterocycles. The molecule has 38 heavy (non-hydrogen) atoms. The lowest BCUT2D eigenvalue weighted by atomic mass is 9.91. The number of nitrogens with one attached hydrogen (secondary N) is 1. The first kappa shape index (κ1) is 27.3. The molecule has 10 nitrogen and oxygen atoms in total. The van der Waals surface area contributed by atoms with Crippen molar-refractivity contribution in [2.24, 2.45) is 16.5 Å². The van der Waals surface area contributed by atoms with Crippen molar-refractivity contribution in [3.05, 3.63) is 58.9 Å². The first-order chi connectivity index (χ1) is 18.4. The summed E-state index contributed by atoms with van der Waals surface area (Å²) in [7, 11) is 0. The van der Waals surface area contributed by atoms with E-state index in [2.05, 4.69) is 16.4 Å². The van der Waals surface area contributed by atoms with E-state index in [0.29, 0.717) is 49.0 Å². The number of aliphatic imine (C=N–C) groups is 1. The SMILES string of the molecule is CCCC(N)N=C(C=C(N)CC(CC(=O)O)c1ccc2c(c1)OCO2)OCCc1ccc2c(n1)NCCC2. The van der Waals surface area contributed by atoms with Gasteiger partial charge in [-0.2, -0.15) is 0 Å². The quantitative estimate of drug-likeness (QED) is 0.241. The molecule has 4 rings (SSSR count). The highest BCUT2D eigenvalue weighted by molar-refractivity contribution is 5.88. The molecule has 0 saturated carbocycles. The van der Waals surface area contributed by atoms with E-state index in [1.807, 2.05) is 25.1 Å². The summed E-state index contributed by atoms with van der Waals surface area (Å²) in [6.45, 7) is 3.48. The Kier molecular flexibility index (Phi) is 9.42. The molecule has 0 spiro atoms. The number of fused-ring (bicyclic) bond motifs is 2. The predicted molar refractivity (Wildman–Crippen MR) is 145 cm³/mol. The molecular weight excluding hydrogens is 486 g/mol. The van der Waals surface area contributed by atoms with E-state index in [4.69, 9.17) is 30.7 Å². The smallest absolute Gasteiger partial charge is 0.303 e. The maximum Gasteiger partial charge on any atom is 0.303 e. The minimum absolute atomic E-state index is 0.0884. The normalized spacial score (nSPS) is 16.4. The molecule has 0 radical (unpaired) electrons. The zero-order chi connectivity index (χ0) is 26.9. The summed E-state index contributed by atoms with van der Waals surface area (Å²) >= 11 is 0. The number of hydrogen-bond donors (Lipinski definition) is 4. The number of carbonyl (C=O) groups is 1. The molecule has 2 unspecified atom stereocenters. The second-order valence-electron chi connectivity index (χ2n) is 9.59. The Balaban J connectivity index is 1.45. The monoisotopic (exact) mass is 523 g/mol. The zero-order valence-electron chi connectivity index (χ0n) is 21.8. The van der Waals surface area contributed by atoms with Gasteiger partial charge in [-0.15, -0.1) is 0 Å².